The summed E-state index contributed by atoms with van der Waals surface area (Å²) in [6.45, 7) is 0.0804. The van der Waals surface area contributed by atoms with Crippen molar-refractivity contribution in [2.75, 3.05) is 45.6 Å². The van der Waals surface area contributed by atoms with Crippen molar-refractivity contribution >= 4 is 17.3 Å². The van der Waals surface area contributed by atoms with Crippen molar-refractivity contribution in [2.45, 2.75) is 0 Å². The fourth-order valence-electron chi connectivity index (χ4n) is 2.24. The van der Waals surface area contributed by atoms with Gasteiger partial charge < -0.3 is 29.6 Å². The molecule has 0 aliphatic heterocycles. The van der Waals surface area contributed by atoms with Crippen LogP contribution in [-0.2, 0) is 4.79 Å². The third-order valence-corrected chi connectivity index (χ3v) is 3.52. The van der Waals surface area contributed by atoms with Gasteiger partial charge in [0, 0.05) is 17.8 Å². The molecule has 7 heteroatoms. The van der Waals surface area contributed by atoms with Crippen molar-refractivity contribution in [1.82, 2.24) is 0 Å². The fourth-order valence-corrected chi connectivity index (χ4v) is 2.24. The lowest BCUT2D eigenvalue weighted by Gasteiger charge is -2.13. The van der Waals surface area contributed by atoms with E-state index >= 15 is 0 Å². The van der Waals surface area contributed by atoms with Crippen LogP contribution in [0.3, 0.4) is 0 Å². The van der Waals surface area contributed by atoms with Gasteiger partial charge in [0.15, 0.2) is 11.5 Å². The number of methoxy groups -OCH3 is 4. The highest BCUT2D eigenvalue weighted by Crippen LogP contribution is 2.30. The van der Waals surface area contributed by atoms with Gasteiger partial charge in [-0.2, -0.15) is 0 Å². The van der Waals surface area contributed by atoms with Gasteiger partial charge in [-0.1, -0.05) is 0 Å². The molecule has 0 aliphatic carbocycles. The number of hydrogen-bond donors (Lipinski definition) is 2. The molecule has 2 rings (SSSR count). The third-order valence-electron chi connectivity index (χ3n) is 3.52. The van der Waals surface area contributed by atoms with E-state index in [0.29, 0.717) is 34.4 Å². The van der Waals surface area contributed by atoms with Gasteiger partial charge in [-0.05, 0) is 24.3 Å². The summed E-state index contributed by atoms with van der Waals surface area (Å²) in [5.41, 5.74) is 1.32. The second-order valence-corrected chi connectivity index (χ2v) is 5.04. The molecular formula is C18H22N2O5. The summed E-state index contributed by atoms with van der Waals surface area (Å²) in [6.07, 6.45) is 0. The molecular weight excluding hydrogens is 324 g/mol. The normalized spacial score (nSPS) is 9.92. The Labute approximate surface area is 146 Å². The quantitative estimate of drug-likeness (QED) is 0.765. The molecule has 0 heterocycles. The van der Waals surface area contributed by atoms with E-state index in [9.17, 15) is 4.79 Å². The zero-order valence-electron chi connectivity index (χ0n) is 14.7. The molecule has 0 aliphatic rings. The van der Waals surface area contributed by atoms with Gasteiger partial charge in [0.05, 0.1) is 40.7 Å². The second-order valence-electron chi connectivity index (χ2n) is 5.04. The lowest BCUT2D eigenvalue weighted by Crippen LogP contribution is -2.22. The molecule has 0 saturated heterocycles. The van der Waals surface area contributed by atoms with E-state index in [-0.39, 0.29) is 12.5 Å². The lowest BCUT2D eigenvalue weighted by molar-refractivity contribution is -0.114. The summed E-state index contributed by atoms with van der Waals surface area (Å²) in [4.78, 5) is 12.2. The summed E-state index contributed by atoms with van der Waals surface area (Å²) in [5.74, 6) is 2.22. The van der Waals surface area contributed by atoms with E-state index < -0.39 is 0 Å². The first-order valence-electron chi connectivity index (χ1n) is 7.59. The van der Waals surface area contributed by atoms with Crippen molar-refractivity contribution in [3.8, 4) is 23.0 Å². The topological polar surface area (TPSA) is 78.1 Å². The van der Waals surface area contributed by atoms with Gasteiger partial charge in [-0.25, -0.2) is 0 Å². The van der Waals surface area contributed by atoms with Crippen molar-refractivity contribution in [3.63, 3.8) is 0 Å². The Balaban J connectivity index is 1.99. The maximum Gasteiger partial charge on any atom is 0.243 e. The van der Waals surface area contributed by atoms with Gasteiger partial charge in [0.2, 0.25) is 5.91 Å². The molecule has 2 N–H and O–H groups in total. The first-order valence-corrected chi connectivity index (χ1v) is 7.59. The van der Waals surface area contributed by atoms with Crippen LogP contribution in [0.25, 0.3) is 0 Å². The van der Waals surface area contributed by atoms with Crippen molar-refractivity contribution in [3.05, 3.63) is 36.4 Å². The van der Waals surface area contributed by atoms with Crippen molar-refractivity contribution in [2.24, 2.45) is 0 Å². The zero-order valence-corrected chi connectivity index (χ0v) is 14.7. The Morgan fingerprint density at radius 1 is 0.840 bits per heavy atom. The lowest BCUT2D eigenvalue weighted by atomic mass is 10.2. The molecule has 7 nitrogen and oxygen atoms in total. The third kappa shape index (κ3) is 4.69. The van der Waals surface area contributed by atoms with Gasteiger partial charge in [0.1, 0.15) is 11.5 Å². The zero-order chi connectivity index (χ0) is 18.2. The monoisotopic (exact) mass is 346 g/mol. The van der Waals surface area contributed by atoms with E-state index in [2.05, 4.69) is 10.6 Å². The minimum Gasteiger partial charge on any atom is -0.497 e. The van der Waals surface area contributed by atoms with Gasteiger partial charge >= 0.3 is 0 Å². The van der Waals surface area contributed by atoms with Crippen LogP contribution < -0.4 is 29.6 Å². The predicted octanol–water partition coefficient (Wildman–Crippen LogP) is 2.77. The largest absolute Gasteiger partial charge is 0.497 e. The number of hydrogen-bond acceptors (Lipinski definition) is 6. The summed E-state index contributed by atoms with van der Waals surface area (Å²) in [7, 11) is 6.24. The summed E-state index contributed by atoms with van der Waals surface area (Å²) in [5, 5.41) is 5.83. The van der Waals surface area contributed by atoms with E-state index in [1.165, 1.54) is 0 Å². The maximum absolute atomic E-state index is 12.2. The molecule has 25 heavy (non-hydrogen) atoms. The van der Waals surface area contributed by atoms with Gasteiger partial charge in [-0.15, -0.1) is 0 Å². The highest BCUT2D eigenvalue weighted by molar-refractivity contribution is 5.94. The van der Waals surface area contributed by atoms with Crippen LogP contribution in [0.4, 0.5) is 11.4 Å². The Hall–Kier alpha value is -3.09. The molecule has 1 amide bonds. The molecule has 0 spiro atoms. The Morgan fingerprint density at radius 2 is 1.56 bits per heavy atom. The molecule has 2 aromatic rings. The standard InChI is InChI=1S/C18H22N2O5/c1-22-13-6-7-14(16(10-13)24-3)19-11-18(21)20-12-5-8-15(23-2)17(9-12)25-4/h5-10,19H,11H2,1-4H3,(H,20,21). The molecule has 0 radical (unpaired) electrons. The minimum atomic E-state index is -0.204. The summed E-state index contributed by atoms with van der Waals surface area (Å²) in [6, 6.07) is 10.5. The van der Waals surface area contributed by atoms with Crippen molar-refractivity contribution < 1.29 is 23.7 Å². The molecule has 0 bridgehead atoms. The highest BCUT2D eigenvalue weighted by Gasteiger charge is 2.09. The van der Waals surface area contributed by atoms with Gasteiger partial charge in [-0.3, -0.25) is 4.79 Å². The Kier molecular flexibility index (Phi) is 6.33. The maximum atomic E-state index is 12.2. The first kappa shape index (κ1) is 18.3. The molecule has 0 aromatic heterocycles. The highest BCUT2D eigenvalue weighted by atomic mass is 16.5. The number of ether oxygens (including phenoxy) is 4. The van der Waals surface area contributed by atoms with Crippen LogP contribution in [0.5, 0.6) is 23.0 Å². The summed E-state index contributed by atoms with van der Waals surface area (Å²) >= 11 is 0. The predicted molar refractivity (Wildman–Crippen MR) is 96.2 cm³/mol. The average molecular weight is 346 g/mol. The fraction of sp³-hybridized carbons (Fsp3) is 0.278. The molecule has 134 valence electrons. The van der Waals surface area contributed by atoms with E-state index in [4.69, 9.17) is 18.9 Å². The number of nitrogens with one attached hydrogen (secondary N) is 2. The first-order chi connectivity index (χ1) is 12.1. The molecule has 2 aromatic carbocycles. The van der Waals surface area contributed by atoms with Crippen LogP contribution in [0.2, 0.25) is 0 Å². The number of benzene rings is 2. The summed E-state index contributed by atoms with van der Waals surface area (Å²) < 4.78 is 20.8. The van der Waals surface area contributed by atoms with E-state index in [1.54, 1.807) is 64.8 Å². The van der Waals surface area contributed by atoms with Crippen LogP contribution in [-0.4, -0.2) is 40.9 Å². The number of rotatable bonds is 8. The Morgan fingerprint density at radius 3 is 2.20 bits per heavy atom. The van der Waals surface area contributed by atoms with Crippen LogP contribution in [0, 0.1) is 0 Å². The smallest absolute Gasteiger partial charge is 0.243 e. The number of amides is 1. The number of carbonyl (C=O) groups is 1. The minimum absolute atomic E-state index is 0.0804. The number of anilines is 2. The van der Waals surface area contributed by atoms with Crippen LogP contribution >= 0.6 is 0 Å². The molecule has 0 atom stereocenters. The van der Waals surface area contributed by atoms with Crippen molar-refractivity contribution in [1.29, 1.82) is 0 Å². The number of carbonyl (C=O) groups excluding carboxylic acids is 1. The van der Waals surface area contributed by atoms with Gasteiger partial charge in [0.25, 0.3) is 0 Å². The van der Waals surface area contributed by atoms with Crippen LogP contribution in [0.15, 0.2) is 36.4 Å². The van der Waals surface area contributed by atoms with E-state index in [0.717, 1.165) is 0 Å². The second kappa shape index (κ2) is 8.68. The SMILES string of the molecule is COc1ccc(NCC(=O)Nc2ccc(OC)c(OC)c2)c(OC)c1. The molecule has 0 fully saturated rings. The van der Waals surface area contributed by atoms with Crippen LogP contribution in [0.1, 0.15) is 0 Å². The Bertz CT molecular complexity index is 733. The van der Waals surface area contributed by atoms with E-state index in [1.807, 2.05) is 0 Å². The molecule has 0 unspecified atom stereocenters. The molecule has 0 saturated carbocycles. The average Bonchev–Trinajstić information content (AvgIpc) is 2.65.